The number of nitrogens with one attached hydrogen (secondary N) is 1. The van der Waals surface area contributed by atoms with Crippen molar-refractivity contribution in [2.24, 2.45) is 0 Å². The molecule has 0 bridgehead atoms. The molecule has 22 heavy (non-hydrogen) atoms. The molecule has 0 radical (unpaired) electrons. The van der Waals surface area contributed by atoms with Gasteiger partial charge in [-0.15, -0.1) is 0 Å². The smallest absolute Gasteiger partial charge is 0.287 e. The molecule has 1 amide bonds. The van der Waals surface area contributed by atoms with E-state index in [1.807, 2.05) is 12.1 Å². The van der Waals surface area contributed by atoms with Gasteiger partial charge in [-0.2, -0.15) is 4.98 Å². The van der Waals surface area contributed by atoms with Crippen LogP contribution in [0.25, 0.3) is 11.5 Å². The molecule has 7 heteroatoms. The van der Waals surface area contributed by atoms with Gasteiger partial charge in [-0.3, -0.25) is 4.79 Å². The standard InChI is InChI=1S/C15H13N3O4/c1-20-11-6-4-10(5-7-11)15-17-13(18-22-15)9-16-14(19)12-3-2-8-21-12/h2-8H,9H2,1H3,(H,16,19). The fourth-order valence-electron chi connectivity index (χ4n) is 1.83. The van der Waals surface area contributed by atoms with Crippen LogP contribution in [0.3, 0.4) is 0 Å². The van der Waals surface area contributed by atoms with Crippen molar-refractivity contribution in [1.29, 1.82) is 0 Å². The van der Waals surface area contributed by atoms with Crippen LogP contribution in [0.4, 0.5) is 0 Å². The van der Waals surface area contributed by atoms with Gasteiger partial charge in [0.15, 0.2) is 11.6 Å². The van der Waals surface area contributed by atoms with Crippen LogP contribution >= 0.6 is 0 Å². The summed E-state index contributed by atoms with van der Waals surface area (Å²) in [5, 5.41) is 6.47. The molecule has 2 aromatic heterocycles. The van der Waals surface area contributed by atoms with Gasteiger partial charge in [0.05, 0.1) is 19.9 Å². The second-order valence-electron chi connectivity index (χ2n) is 4.40. The molecule has 0 saturated heterocycles. The molecule has 0 unspecified atom stereocenters. The largest absolute Gasteiger partial charge is 0.497 e. The van der Waals surface area contributed by atoms with Crippen molar-refractivity contribution in [1.82, 2.24) is 15.5 Å². The molecule has 3 rings (SSSR count). The summed E-state index contributed by atoms with van der Waals surface area (Å²) in [5.41, 5.74) is 0.775. The normalized spacial score (nSPS) is 10.4. The highest BCUT2D eigenvalue weighted by molar-refractivity contribution is 5.91. The van der Waals surface area contributed by atoms with E-state index < -0.39 is 0 Å². The molecule has 0 aliphatic heterocycles. The van der Waals surface area contributed by atoms with Crippen molar-refractivity contribution >= 4 is 5.91 Å². The molecule has 1 N–H and O–H groups in total. The minimum Gasteiger partial charge on any atom is -0.497 e. The van der Waals surface area contributed by atoms with Gasteiger partial charge in [0.1, 0.15) is 5.75 Å². The van der Waals surface area contributed by atoms with Crippen molar-refractivity contribution in [3.63, 3.8) is 0 Å². The maximum atomic E-state index is 11.7. The Bertz CT molecular complexity index is 747. The summed E-state index contributed by atoms with van der Waals surface area (Å²) < 4.78 is 15.2. The molecular weight excluding hydrogens is 286 g/mol. The number of nitrogens with zero attached hydrogens (tertiary/aromatic N) is 2. The highest BCUT2D eigenvalue weighted by Crippen LogP contribution is 2.20. The lowest BCUT2D eigenvalue weighted by Gasteiger charge is -1.99. The van der Waals surface area contributed by atoms with Gasteiger partial charge in [0.25, 0.3) is 11.8 Å². The lowest BCUT2D eigenvalue weighted by atomic mass is 10.2. The average Bonchev–Trinajstić information content (AvgIpc) is 3.24. The molecule has 0 saturated carbocycles. The van der Waals surface area contributed by atoms with E-state index in [0.29, 0.717) is 11.7 Å². The van der Waals surface area contributed by atoms with E-state index in [4.69, 9.17) is 13.7 Å². The number of aromatic nitrogens is 2. The first-order valence-electron chi connectivity index (χ1n) is 6.55. The van der Waals surface area contributed by atoms with Crippen LogP contribution in [0.1, 0.15) is 16.4 Å². The molecule has 0 spiro atoms. The number of methoxy groups -OCH3 is 1. The van der Waals surface area contributed by atoms with Crippen LogP contribution < -0.4 is 10.1 Å². The van der Waals surface area contributed by atoms with Crippen LogP contribution in [-0.2, 0) is 6.54 Å². The maximum absolute atomic E-state index is 11.7. The lowest BCUT2D eigenvalue weighted by molar-refractivity contribution is 0.0922. The lowest BCUT2D eigenvalue weighted by Crippen LogP contribution is -2.22. The quantitative estimate of drug-likeness (QED) is 0.777. The Morgan fingerprint density at radius 2 is 2.09 bits per heavy atom. The zero-order valence-electron chi connectivity index (χ0n) is 11.8. The number of hydrogen-bond acceptors (Lipinski definition) is 6. The molecule has 7 nitrogen and oxygen atoms in total. The zero-order valence-corrected chi connectivity index (χ0v) is 11.8. The van der Waals surface area contributed by atoms with Crippen molar-refractivity contribution in [2.45, 2.75) is 6.54 Å². The van der Waals surface area contributed by atoms with Gasteiger partial charge >= 0.3 is 0 Å². The number of carbonyl (C=O) groups excluding carboxylic acids is 1. The van der Waals surface area contributed by atoms with Crippen LogP contribution in [-0.4, -0.2) is 23.2 Å². The van der Waals surface area contributed by atoms with E-state index in [0.717, 1.165) is 11.3 Å². The Hall–Kier alpha value is -3.09. The van der Waals surface area contributed by atoms with Crippen LogP contribution in [0.15, 0.2) is 51.6 Å². The van der Waals surface area contributed by atoms with E-state index in [1.165, 1.54) is 6.26 Å². The van der Waals surface area contributed by atoms with E-state index in [9.17, 15) is 4.79 Å². The Morgan fingerprint density at radius 1 is 1.27 bits per heavy atom. The molecular formula is C15H13N3O4. The Balaban J connectivity index is 1.64. The summed E-state index contributed by atoms with van der Waals surface area (Å²) in [6.07, 6.45) is 1.44. The second kappa shape index (κ2) is 6.13. The third-order valence-electron chi connectivity index (χ3n) is 2.96. The number of furan rings is 1. The highest BCUT2D eigenvalue weighted by atomic mass is 16.5. The molecule has 1 aromatic carbocycles. The topological polar surface area (TPSA) is 90.4 Å². The molecule has 0 atom stereocenters. The fraction of sp³-hybridized carbons (Fsp3) is 0.133. The van der Waals surface area contributed by atoms with Crippen molar-refractivity contribution in [2.75, 3.05) is 7.11 Å². The summed E-state index contributed by atoms with van der Waals surface area (Å²) in [7, 11) is 1.60. The molecule has 0 aliphatic rings. The van der Waals surface area contributed by atoms with Crippen LogP contribution in [0.2, 0.25) is 0 Å². The van der Waals surface area contributed by atoms with Crippen molar-refractivity contribution in [3.05, 3.63) is 54.2 Å². The predicted octanol–water partition coefficient (Wildman–Crippen LogP) is 2.27. The van der Waals surface area contributed by atoms with E-state index >= 15 is 0 Å². The van der Waals surface area contributed by atoms with Crippen molar-refractivity contribution in [3.8, 4) is 17.2 Å². The van der Waals surface area contributed by atoms with Gasteiger partial charge in [-0.25, -0.2) is 0 Å². The summed E-state index contributed by atoms with van der Waals surface area (Å²) in [4.78, 5) is 15.9. The number of ether oxygens (including phenoxy) is 1. The van der Waals surface area contributed by atoms with E-state index in [-0.39, 0.29) is 18.2 Å². The Morgan fingerprint density at radius 3 is 2.77 bits per heavy atom. The summed E-state index contributed by atoms with van der Waals surface area (Å²) in [6.45, 7) is 0.152. The number of hydrogen-bond donors (Lipinski definition) is 1. The van der Waals surface area contributed by atoms with Crippen molar-refractivity contribution < 1.29 is 18.5 Å². The molecule has 3 aromatic rings. The maximum Gasteiger partial charge on any atom is 0.287 e. The molecule has 2 heterocycles. The number of amides is 1. The van der Waals surface area contributed by atoms with Gasteiger partial charge < -0.3 is 19.0 Å². The molecule has 112 valence electrons. The van der Waals surface area contributed by atoms with E-state index in [1.54, 1.807) is 31.4 Å². The Labute approximate surface area is 125 Å². The molecule has 0 fully saturated rings. The van der Waals surface area contributed by atoms with E-state index in [2.05, 4.69) is 15.5 Å². The van der Waals surface area contributed by atoms with Crippen LogP contribution in [0.5, 0.6) is 5.75 Å². The first kappa shape index (κ1) is 13.9. The second-order valence-corrected chi connectivity index (χ2v) is 4.40. The first-order valence-corrected chi connectivity index (χ1v) is 6.55. The monoisotopic (exact) mass is 299 g/mol. The van der Waals surface area contributed by atoms with Crippen LogP contribution in [0, 0.1) is 0 Å². The highest BCUT2D eigenvalue weighted by Gasteiger charge is 2.12. The summed E-state index contributed by atoms with van der Waals surface area (Å²) in [6, 6.07) is 10.5. The third-order valence-corrected chi connectivity index (χ3v) is 2.96. The number of benzene rings is 1. The van der Waals surface area contributed by atoms with Gasteiger partial charge in [-0.1, -0.05) is 5.16 Å². The fourth-order valence-corrected chi connectivity index (χ4v) is 1.83. The molecule has 0 aliphatic carbocycles. The van der Waals surface area contributed by atoms with Gasteiger partial charge in [0, 0.05) is 5.56 Å². The SMILES string of the molecule is COc1ccc(-c2nc(CNC(=O)c3ccco3)no2)cc1. The summed E-state index contributed by atoms with van der Waals surface area (Å²) in [5.74, 6) is 1.41. The van der Waals surface area contributed by atoms with Gasteiger partial charge in [-0.05, 0) is 36.4 Å². The minimum atomic E-state index is -0.333. The first-order chi connectivity index (χ1) is 10.8. The number of carbonyl (C=O) groups is 1. The Kier molecular flexibility index (Phi) is 3.86. The number of rotatable bonds is 5. The summed E-state index contributed by atoms with van der Waals surface area (Å²) >= 11 is 0. The van der Waals surface area contributed by atoms with Gasteiger partial charge in [0.2, 0.25) is 0 Å². The average molecular weight is 299 g/mol. The zero-order chi connectivity index (χ0) is 15.4. The minimum absolute atomic E-state index is 0.152. The predicted molar refractivity (Wildman–Crippen MR) is 76.2 cm³/mol. The third kappa shape index (κ3) is 2.98.